The molecule has 1 nitrogen and oxygen atoms in total. The quantitative estimate of drug-likeness (QED) is 0.362. The zero-order valence-corrected chi connectivity index (χ0v) is 22.1. The van der Waals surface area contributed by atoms with Crippen LogP contribution in [0.3, 0.4) is 0 Å². The minimum absolute atomic E-state index is 0.320. The molecule has 0 aromatic heterocycles. The van der Waals surface area contributed by atoms with Crippen LogP contribution in [0.4, 0.5) is 5.69 Å². The van der Waals surface area contributed by atoms with E-state index in [0.717, 1.165) is 6.42 Å². The third kappa shape index (κ3) is 4.93. The molecule has 0 heterocycles. The summed E-state index contributed by atoms with van der Waals surface area (Å²) in [6, 6.07) is 15.9. The maximum absolute atomic E-state index is 4.44. The number of anilines is 1. The van der Waals surface area contributed by atoms with Crippen molar-refractivity contribution < 1.29 is 0 Å². The summed E-state index contributed by atoms with van der Waals surface area (Å²) in [5, 5.41) is 3.58. The molecule has 1 atom stereocenters. The van der Waals surface area contributed by atoms with Crippen molar-refractivity contribution in [3.8, 4) is 22.3 Å². The fourth-order valence-electron chi connectivity index (χ4n) is 5.16. The first-order valence-corrected chi connectivity index (χ1v) is 12.2. The Morgan fingerprint density at radius 1 is 0.818 bits per heavy atom. The number of hydrogen-bond acceptors (Lipinski definition) is 1. The Kier molecular flexibility index (Phi) is 7.52. The van der Waals surface area contributed by atoms with E-state index >= 15 is 0 Å². The van der Waals surface area contributed by atoms with Crippen molar-refractivity contribution in [2.24, 2.45) is 5.92 Å². The maximum atomic E-state index is 4.44. The van der Waals surface area contributed by atoms with E-state index in [1.54, 1.807) is 0 Å². The summed E-state index contributed by atoms with van der Waals surface area (Å²) in [6.45, 7) is 22.4. The minimum atomic E-state index is 0.320. The molecule has 0 saturated carbocycles. The molecule has 0 saturated heterocycles. The molecule has 0 fully saturated rings. The van der Waals surface area contributed by atoms with Crippen molar-refractivity contribution >= 4 is 5.69 Å². The Hall–Kier alpha value is -2.80. The molecular formula is C32H41N. The number of nitrogens with one attached hydrogen (secondary N) is 1. The van der Waals surface area contributed by atoms with Crippen LogP contribution in [0.1, 0.15) is 66.5 Å². The second-order valence-corrected chi connectivity index (χ2v) is 10.2. The first-order chi connectivity index (χ1) is 15.6. The molecule has 0 radical (unpaired) electrons. The zero-order valence-electron chi connectivity index (χ0n) is 22.1. The number of benzene rings is 3. The summed E-state index contributed by atoms with van der Waals surface area (Å²) < 4.78 is 0. The van der Waals surface area contributed by atoms with Gasteiger partial charge in [-0.1, -0.05) is 74.0 Å². The lowest BCUT2D eigenvalue weighted by molar-refractivity contribution is 0.536. The second kappa shape index (κ2) is 10.00. The van der Waals surface area contributed by atoms with E-state index < -0.39 is 0 Å². The predicted molar refractivity (Wildman–Crippen MR) is 148 cm³/mol. The highest BCUT2D eigenvalue weighted by Crippen LogP contribution is 2.48. The van der Waals surface area contributed by atoms with Gasteiger partial charge in [0.05, 0.1) is 0 Å². The molecule has 3 aromatic rings. The van der Waals surface area contributed by atoms with E-state index in [4.69, 9.17) is 0 Å². The van der Waals surface area contributed by atoms with Gasteiger partial charge in [0.15, 0.2) is 0 Å². The summed E-state index contributed by atoms with van der Waals surface area (Å²) >= 11 is 0. The van der Waals surface area contributed by atoms with Crippen LogP contribution < -0.4 is 5.32 Å². The average Bonchev–Trinajstić information content (AvgIpc) is 2.75. The fourth-order valence-corrected chi connectivity index (χ4v) is 5.16. The summed E-state index contributed by atoms with van der Waals surface area (Å²) in [4.78, 5) is 0. The van der Waals surface area contributed by atoms with E-state index in [1.165, 1.54) is 66.9 Å². The van der Waals surface area contributed by atoms with Crippen molar-refractivity contribution in [1.29, 1.82) is 0 Å². The van der Waals surface area contributed by atoms with E-state index in [2.05, 4.69) is 117 Å². The fraction of sp³-hybridized carbons (Fsp3) is 0.375. The largest absolute Gasteiger partial charge is 0.387 e. The summed E-state index contributed by atoms with van der Waals surface area (Å²) in [7, 11) is 2.06. The van der Waals surface area contributed by atoms with Crippen LogP contribution in [0.5, 0.6) is 0 Å². The van der Waals surface area contributed by atoms with Crippen LogP contribution in [-0.4, -0.2) is 7.05 Å². The zero-order chi connectivity index (χ0) is 24.4. The first-order valence-electron chi connectivity index (χ1n) is 12.2. The van der Waals surface area contributed by atoms with Gasteiger partial charge in [-0.15, -0.1) is 0 Å². The molecule has 1 heteroatoms. The lowest BCUT2D eigenvalue weighted by Crippen LogP contribution is -2.12. The van der Waals surface area contributed by atoms with Gasteiger partial charge < -0.3 is 5.32 Å². The smallest absolute Gasteiger partial charge is 0.0453 e. The first kappa shape index (κ1) is 24.8. The van der Waals surface area contributed by atoms with E-state index in [-0.39, 0.29) is 0 Å². The molecule has 33 heavy (non-hydrogen) atoms. The van der Waals surface area contributed by atoms with Crippen molar-refractivity contribution in [3.63, 3.8) is 0 Å². The highest BCUT2D eigenvalue weighted by atomic mass is 14.8. The predicted octanol–water partition coefficient (Wildman–Crippen LogP) is 9.31. The summed E-state index contributed by atoms with van der Waals surface area (Å²) in [6.07, 6.45) is 1.10. The van der Waals surface area contributed by atoms with Crippen molar-refractivity contribution in [3.05, 3.63) is 88.0 Å². The molecule has 0 bridgehead atoms. The van der Waals surface area contributed by atoms with Crippen LogP contribution in [0.15, 0.2) is 54.6 Å². The van der Waals surface area contributed by atoms with Gasteiger partial charge in [-0.05, 0) is 98.4 Å². The average molecular weight is 440 g/mol. The Labute approximate surface area is 202 Å². The van der Waals surface area contributed by atoms with Crippen molar-refractivity contribution in [1.82, 2.24) is 0 Å². The van der Waals surface area contributed by atoms with Gasteiger partial charge in [0.25, 0.3) is 0 Å². The topological polar surface area (TPSA) is 12.0 Å². The highest BCUT2D eigenvalue weighted by molar-refractivity contribution is 5.92. The number of allylic oxidation sites excluding steroid dienone is 1. The molecule has 0 aliphatic carbocycles. The van der Waals surface area contributed by atoms with Crippen molar-refractivity contribution in [2.75, 3.05) is 12.4 Å². The van der Waals surface area contributed by atoms with Crippen LogP contribution >= 0.6 is 0 Å². The summed E-state index contributed by atoms with van der Waals surface area (Å²) in [5.74, 6) is 0.913. The number of rotatable bonds is 7. The molecule has 3 aromatic carbocycles. The normalized spacial score (nSPS) is 12.2. The molecule has 1 N–H and O–H groups in total. The highest BCUT2D eigenvalue weighted by Gasteiger charge is 2.27. The van der Waals surface area contributed by atoms with Crippen LogP contribution in [0.2, 0.25) is 0 Å². The second-order valence-electron chi connectivity index (χ2n) is 10.2. The number of hydrogen-bond donors (Lipinski definition) is 1. The third-order valence-corrected chi connectivity index (χ3v) is 7.08. The van der Waals surface area contributed by atoms with Gasteiger partial charge in [-0.2, -0.15) is 0 Å². The van der Waals surface area contributed by atoms with Gasteiger partial charge in [0.1, 0.15) is 0 Å². The monoisotopic (exact) mass is 439 g/mol. The molecule has 1 unspecified atom stereocenters. The van der Waals surface area contributed by atoms with Crippen LogP contribution in [0, 0.1) is 40.5 Å². The Bertz CT molecular complexity index is 1160. The Morgan fingerprint density at radius 3 is 1.94 bits per heavy atom. The molecule has 0 aliphatic rings. The number of aryl methyl sites for hydroxylation is 3. The lowest BCUT2D eigenvalue weighted by Gasteiger charge is -2.30. The molecule has 0 amide bonds. The van der Waals surface area contributed by atoms with E-state index in [0.29, 0.717) is 11.8 Å². The van der Waals surface area contributed by atoms with Crippen LogP contribution in [0.25, 0.3) is 22.3 Å². The van der Waals surface area contributed by atoms with E-state index in [1.807, 2.05) is 0 Å². The van der Waals surface area contributed by atoms with Gasteiger partial charge in [0, 0.05) is 24.2 Å². The van der Waals surface area contributed by atoms with Gasteiger partial charge >= 0.3 is 0 Å². The molecule has 174 valence electrons. The molecule has 0 spiro atoms. The maximum Gasteiger partial charge on any atom is 0.0453 e. The van der Waals surface area contributed by atoms with Gasteiger partial charge in [-0.25, -0.2) is 0 Å². The molecular weight excluding hydrogens is 398 g/mol. The molecule has 3 rings (SSSR count). The lowest BCUT2D eigenvalue weighted by atomic mass is 9.75. The third-order valence-electron chi connectivity index (χ3n) is 7.08. The SMILES string of the molecule is C=C(C)C(CC(C)C)c1c(C)c(NC)c(-c2ccc(C)c(C)c2)c(C)c1-c1ccc(C)cc1. The summed E-state index contributed by atoms with van der Waals surface area (Å²) in [5.41, 5.74) is 15.7. The van der Waals surface area contributed by atoms with E-state index in [9.17, 15) is 0 Å². The molecule has 0 aliphatic heterocycles. The van der Waals surface area contributed by atoms with Gasteiger partial charge in [0.2, 0.25) is 0 Å². The van der Waals surface area contributed by atoms with Crippen LogP contribution in [-0.2, 0) is 0 Å². The van der Waals surface area contributed by atoms with Crippen molar-refractivity contribution in [2.45, 2.75) is 67.7 Å². The van der Waals surface area contributed by atoms with Gasteiger partial charge in [-0.3, -0.25) is 0 Å². The Morgan fingerprint density at radius 2 is 1.42 bits per heavy atom. The standard InChI is InChI=1S/C32H41N/c1-19(2)17-28(20(3)4)31-25(9)32(33-10)30(27-16-13-22(6)23(7)18-27)24(8)29(31)26-14-11-21(5)12-15-26/h11-16,18-19,28,33H,3,17H2,1-2,4-10H3. The Balaban J connectivity index is 2.47. The minimum Gasteiger partial charge on any atom is -0.387 e.